The second kappa shape index (κ2) is 8.13. The number of amides is 1. The maximum atomic E-state index is 12.7. The van der Waals surface area contributed by atoms with Gasteiger partial charge in [0.05, 0.1) is 5.56 Å². The first kappa shape index (κ1) is 19.4. The first-order chi connectivity index (χ1) is 13.3. The average Bonchev–Trinajstić information content (AvgIpc) is 2.64. The normalized spacial score (nSPS) is 11.1. The Morgan fingerprint density at radius 1 is 0.929 bits per heavy atom. The second-order valence-corrected chi connectivity index (χ2v) is 7.43. The van der Waals surface area contributed by atoms with Gasteiger partial charge >= 0.3 is 12.1 Å². The first-order valence-corrected chi connectivity index (χ1v) is 9.06. The molecule has 3 aromatic carbocycles. The lowest BCUT2D eigenvalue weighted by molar-refractivity contribution is 0.0474. The molecule has 5 heteroatoms. The monoisotopic (exact) mass is 377 g/mol. The van der Waals surface area contributed by atoms with Gasteiger partial charge in [-0.25, -0.2) is 9.59 Å². The highest BCUT2D eigenvalue weighted by Gasteiger charge is 2.18. The molecule has 3 aromatic rings. The highest BCUT2D eigenvalue weighted by atomic mass is 16.6. The Balaban J connectivity index is 1.85. The fourth-order valence-corrected chi connectivity index (χ4v) is 2.77. The van der Waals surface area contributed by atoms with E-state index in [0.29, 0.717) is 11.3 Å². The number of ether oxygens (including phenoxy) is 2. The summed E-state index contributed by atoms with van der Waals surface area (Å²) in [5.41, 5.74) is 1.15. The Morgan fingerprint density at radius 2 is 1.61 bits per heavy atom. The van der Waals surface area contributed by atoms with Crippen LogP contribution in [-0.2, 0) is 16.1 Å². The minimum Gasteiger partial charge on any atom is -0.457 e. The second-order valence-electron chi connectivity index (χ2n) is 7.43. The number of esters is 1. The Morgan fingerprint density at radius 3 is 2.32 bits per heavy atom. The van der Waals surface area contributed by atoms with E-state index in [9.17, 15) is 9.59 Å². The van der Waals surface area contributed by atoms with Gasteiger partial charge in [0.15, 0.2) is 0 Å². The quantitative estimate of drug-likeness (QED) is 0.606. The maximum Gasteiger partial charge on any atom is 0.412 e. The van der Waals surface area contributed by atoms with Crippen LogP contribution in [0.15, 0.2) is 66.7 Å². The summed E-state index contributed by atoms with van der Waals surface area (Å²) in [7, 11) is 0. The smallest absolute Gasteiger partial charge is 0.412 e. The van der Waals surface area contributed by atoms with E-state index in [1.54, 1.807) is 32.9 Å². The van der Waals surface area contributed by atoms with E-state index in [0.717, 1.165) is 16.3 Å². The van der Waals surface area contributed by atoms with Crippen LogP contribution in [0, 0.1) is 0 Å². The van der Waals surface area contributed by atoms with Crippen LogP contribution in [0.4, 0.5) is 10.5 Å². The Hall–Kier alpha value is -3.34. The number of hydrogen-bond acceptors (Lipinski definition) is 4. The molecule has 144 valence electrons. The number of rotatable bonds is 4. The molecular weight excluding hydrogens is 354 g/mol. The predicted octanol–water partition coefficient (Wildman–Crippen LogP) is 5.54. The van der Waals surface area contributed by atoms with Crippen LogP contribution < -0.4 is 5.32 Å². The predicted molar refractivity (Wildman–Crippen MR) is 109 cm³/mol. The zero-order chi connectivity index (χ0) is 20.1. The van der Waals surface area contributed by atoms with E-state index in [2.05, 4.69) is 5.32 Å². The van der Waals surface area contributed by atoms with Crippen LogP contribution in [0.25, 0.3) is 10.8 Å². The Labute approximate surface area is 164 Å². The van der Waals surface area contributed by atoms with E-state index < -0.39 is 17.7 Å². The fraction of sp³-hybridized carbons (Fsp3) is 0.217. The zero-order valence-corrected chi connectivity index (χ0v) is 16.2. The van der Waals surface area contributed by atoms with E-state index in [-0.39, 0.29) is 6.61 Å². The van der Waals surface area contributed by atoms with Gasteiger partial charge in [-0.15, -0.1) is 0 Å². The Bertz CT molecular complexity index is 990. The van der Waals surface area contributed by atoms with Crippen LogP contribution >= 0.6 is 0 Å². The number of anilines is 1. The summed E-state index contributed by atoms with van der Waals surface area (Å²) in [6, 6.07) is 20.4. The molecule has 0 saturated heterocycles. The van der Waals surface area contributed by atoms with Crippen molar-refractivity contribution >= 4 is 28.5 Å². The van der Waals surface area contributed by atoms with Crippen LogP contribution in [0.3, 0.4) is 0 Å². The van der Waals surface area contributed by atoms with Gasteiger partial charge in [-0.05, 0) is 49.2 Å². The molecule has 3 rings (SSSR count). The number of carbonyl (C=O) groups excluding carboxylic acids is 2. The SMILES string of the molecule is CC(C)(C)OC(=O)Nc1cc(C(=O)OCc2ccccc2)c2ccccc2c1. The van der Waals surface area contributed by atoms with Crippen LogP contribution in [0.2, 0.25) is 0 Å². The van der Waals surface area contributed by atoms with Crippen molar-refractivity contribution in [2.75, 3.05) is 5.32 Å². The molecule has 28 heavy (non-hydrogen) atoms. The van der Waals surface area contributed by atoms with Crippen molar-refractivity contribution in [1.29, 1.82) is 0 Å². The lowest BCUT2D eigenvalue weighted by Gasteiger charge is -2.20. The molecule has 1 N–H and O–H groups in total. The van der Waals surface area contributed by atoms with Crippen molar-refractivity contribution in [3.8, 4) is 0 Å². The van der Waals surface area contributed by atoms with Gasteiger partial charge in [-0.3, -0.25) is 5.32 Å². The van der Waals surface area contributed by atoms with Gasteiger partial charge in [-0.2, -0.15) is 0 Å². The van der Waals surface area contributed by atoms with Gasteiger partial charge in [0, 0.05) is 5.69 Å². The Kier molecular flexibility index (Phi) is 5.64. The van der Waals surface area contributed by atoms with Gasteiger partial charge < -0.3 is 9.47 Å². The van der Waals surface area contributed by atoms with Crippen LogP contribution in [0.1, 0.15) is 36.7 Å². The summed E-state index contributed by atoms with van der Waals surface area (Å²) in [5, 5.41) is 4.27. The minimum absolute atomic E-state index is 0.178. The van der Waals surface area contributed by atoms with Crippen LogP contribution in [0.5, 0.6) is 0 Å². The van der Waals surface area contributed by atoms with E-state index in [4.69, 9.17) is 9.47 Å². The third-order valence-electron chi connectivity index (χ3n) is 3.94. The molecule has 0 fully saturated rings. The summed E-state index contributed by atoms with van der Waals surface area (Å²) in [5.74, 6) is -0.451. The molecule has 0 bridgehead atoms. The molecule has 0 spiro atoms. The number of nitrogens with one attached hydrogen (secondary N) is 1. The molecule has 0 aromatic heterocycles. The first-order valence-electron chi connectivity index (χ1n) is 9.06. The molecule has 0 unspecified atom stereocenters. The van der Waals surface area contributed by atoms with Gasteiger partial charge in [0.2, 0.25) is 0 Å². The molecule has 0 aliphatic heterocycles. The van der Waals surface area contributed by atoms with Gasteiger partial charge in [0.1, 0.15) is 12.2 Å². The standard InChI is InChI=1S/C23H23NO4/c1-23(2,3)28-22(26)24-18-13-17-11-7-8-12-19(17)20(14-18)21(25)27-15-16-9-5-4-6-10-16/h4-14H,15H2,1-3H3,(H,24,26). The number of hydrogen-bond donors (Lipinski definition) is 1. The molecule has 0 saturated carbocycles. The molecular formula is C23H23NO4. The molecule has 0 aliphatic carbocycles. The molecule has 0 aliphatic rings. The minimum atomic E-state index is -0.613. The van der Waals surface area contributed by atoms with Crippen molar-refractivity contribution in [2.45, 2.75) is 33.0 Å². The van der Waals surface area contributed by atoms with Crippen molar-refractivity contribution in [3.63, 3.8) is 0 Å². The van der Waals surface area contributed by atoms with Crippen molar-refractivity contribution in [3.05, 3.63) is 77.9 Å². The summed E-state index contributed by atoms with van der Waals surface area (Å²) in [4.78, 5) is 24.8. The number of fused-ring (bicyclic) bond motifs is 1. The van der Waals surface area contributed by atoms with E-state index in [1.807, 2.05) is 54.6 Å². The molecule has 1 amide bonds. The molecule has 0 radical (unpaired) electrons. The lowest BCUT2D eigenvalue weighted by atomic mass is 10.0. The van der Waals surface area contributed by atoms with E-state index in [1.165, 1.54) is 0 Å². The topological polar surface area (TPSA) is 64.6 Å². The third kappa shape index (κ3) is 5.10. The molecule has 0 atom stereocenters. The van der Waals surface area contributed by atoms with Crippen molar-refractivity contribution in [1.82, 2.24) is 0 Å². The summed E-state index contributed by atoms with van der Waals surface area (Å²) >= 11 is 0. The lowest BCUT2D eigenvalue weighted by Crippen LogP contribution is -2.27. The van der Waals surface area contributed by atoms with E-state index >= 15 is 0 Å². The van der Waals surface area contributed by atoms with Crippen molar-refractivity contribution < 1.29 is 19.1 Å². The largest absolute Gasteiger partial charge is 0.457 e. The maximum absolute atomic E-state index is 12.7. The number of carbonyl (C=O) groups is 2. The van der Waals surface area contributed by atoms with Crippen LogP contribution in [-0.4, -0.2) is 17.7 Å². The van der Waals surface area contributed by atoms with Gasteiger partial charge in [-0.1, -0.05) is 54.6 Å². The molecule has 0 heterocycles. The average molecular weight is 377 g/mol. The summed E-state index contributed by atoms with van der Waals surface area (Å²) in [6.07, 6.45) is -0.577. The highest BCUT2D eigenvalue weighted by Crippen LogP contribution is 2.25. The summed E-state index contributed by atoms with van der Waals surface area (Å²) < 4.78 is 10.8. The van der Waals surface area contributed by atoms with Gasteiger partial charge in [0.25, 0.3) is 0 Å². The number of benzene rings is 3. The fourth-order valence-electron chi connectivity index (χ4n) is 2.77. The third-order valence-corrected chi connectivity index (χ3v) is 3.94. The summed E-state index contributed by atoms with van der Waals surface area (Å²) in [6.45, 7) is 5.55. The van der Waals surface area contributed by atoms with Crippen molar-refractivity contribution in [2.24, 2.45) is 0 Å². The molecule has 5 nitrogen and oxygen atoms in total. The highest BCUT2D eigenvalue weighted by molar-refractivity contribution is 6.07. The zero-order valence-electron chi connectivity index (χ0n) is 16.2.